The number of rotatable bonds is 5. The Bertz CT molecular complexity index is 685. The topological polar surface area (TPSA) is 86.7 Å². The smallest absolute Gasteiger partial charge is 0.325 e. The second-order valence-corrected chi connectivity index (χ2v) is 7.73. The van der Waals surface area contributed by atoms with Crippen molar-refractivity contribution in [2.24, 2.45) is 0 Å². The largest absolute Gasteiger partial charge is 0.480 e. The van der Waals surface area contributed by atoms with Crippen molar-refractivity contribution in [3.05, 3.63) is 35.1 Å². The Balaban J connectivity index is 2.11. The summed E-state index contributed by atoms with van der Waals surface area (Å²) in [6, 6.07) is 3.29. The van der Waals surface area contributed by atoms with Gasteiger partial charge >= 0.3 is 5.97 Å². The number of aliphatic carboxylic acids is 1. The number of aryl methyl sites for hydroxylation is 1. The van der Waals surface area contributed by atoms with E-state index < -0.39 is 22.0 Å². The minimum Gasteiger partial charge on any atom is -0.480 e. The van der Waals surface area contributed by atoms with Crippen LogP contribution < -0.4 is 4.72 Å². The lowest BCUT2D eigenvalue weighted by Gasteiger charge is -2.35. The number of nitrogens with zero attached hydrogens (tertiary/aromatic N) is 1. The molecule has 1 heterocycles. The van der Waals surface area contributed by atoms with Crippen molar-refractivity contribution in [3.8, 4) is 0 Å². The molecule has 0 radical (unpaired) electrons. The number of piperidine rings is 1. The number of nitrogens with one attached hydrogen (secondary N) is 1. The summed E-state index contributed by atoms with van der Waals surface area (Å²) in [6.07, 6.45) is 2.19. The summed E-state index contributed by atoms with van der Waals surface area (Å²) >= 11 is 0. The second-order valence-electron chi connectivity index (χ2n) is 5.95. The Morgan fingerprint density at radius 2 is 2.00 bits per heavy atom. The average molecular weight is 344 g/mol. The van der Waals surface area contributed by atoms with Gasteiger partial charge in [0.25, 0.3) is 0 Å². The number of halogens is 1. The summed E-state index contributed by atoms with van der Waals surface area (Å²) < 4.78 is 38.5. The van der Waals surface area contributed by atoms with Crippen molar-refractivity contribution in [3.63, 3.8) is 0 Å². The summed E-state index contributed by atoms with van der Waals surface area (Å²) in [5.41, 5.74) is 0.938. The minimum atomic E-state index is -3.27. The molecule has 0 aromatic heterocycles. The van der Waals surface area contributed by atoms with Crippen LogP contribution in [0.15, 0.2) is 18.2 Å². The number of hydrogen-bond acceptors (Lipinski definition) is 4. The standard InChI is InChI=1S/C15H21FN2O4S/c1-10-9-11(3-4-13(10)16)14(15(19)20)18-7-5-12(6-8-18)17-23(2,21)22/h3-4,9,12,14,17H,5-8H2,1-2H3,(H,19,20). The van der Waals surface area contributed by atoms with Gasteiger partial charge in [0.05, 0.1) is 6.26 Å². The third-order valence-electron chi connectivity index (χ3n) is 4.01. The third-order valence-corrected chi connectivity index (χ3v) is 4.77. The van der Waals surface area contributed by atoms with Gasteiger partial charge in [0.1, 0.15) is 11.9 Å². The van der Waals surface area contributed by atoms with E-state index in [2.05, 4.69) is 4.72 Å². The van der Waals surface area contributed by atoms with Crippen LogP contribution in [0.1, 0.15) is 30.0 Å². The fourth-order valence-electron chi connectivity index (χ4n) is 2.93. The SMILES string of the molecule is Cc1cc(C(C(=O)O)N2CCC(NS(C)(=O)=O)CC2)ccc1F. The maximum absolute atomic E-state index is 13.4. The van der Waals surface area contributed by atoms with Crippen LogP contribution in [0, 0.1) is 12.7 Å². The molecular formula is C15H21FN2O4S. The summed E-state index contributed by atoms with van der Waals surface area (Å²) in [4.78, 5) is 13.4. The van der Waals surface area contributed by atoms with Crippen LogP contribution in [0.3, 0.4) is 0 Å². The normalized spacial score (nSPS) is 18.7. The van der Waals surface area contributed by atoms with E-state index in [1.54, 1.807) is 17.9 Å². The molecule has 0 spiro atoms. The summed E-state index contributed by atoms with van der Waals surface area (Å²) in [6.45, 7) is 2.52. The third kappa shape index (κ3) is 4.73. The number of sulfonamides is 1. The van der Waals surface area contributed by atoms with Crippen LogP contribution in [0.5, 0.6) is 0 Å². The van der Waals surface area contributed by atoms with Crippen molar-refractivity contribution in [1.82, 2.24) is 9.62 Å². The number of carboxylic acid groups (broad SMARTS) is 1. The zero-order valence-electron chi connectivity index (χ0n) is 13.1. The maximum atomic E-state index is 13.4. The van der Waals surface area contributed by atoms with Crippen molar-refractivity contribution in [2.45, 2.75) is 31.8 Å². The molecule has 0 saturated carbocycles. The fourth-order valence-corrected chi connectivity index (χ4v) is 3.77. The van der Waals surface area contributed by atoms with Crippen molar-refractivity contribution in [2.75, 3.05) is 19.3 Å². The molecule has 1 aliphatic heterocycles. The molecule has 1 aromatic rings. The van der Waals surface area contributed by atoms with Crippen molar-refractivity contribution in [1.29, 1.82) is 0 Å². The first-order chi connectivity index (χ1) is 10.7. The van der Waals surface area contributed by atoms with E-state index in [0.29, 0.717) is 37.1 Å². The lowest BCUT2D eigenvalue weighted by molar-refractivity contribution is -0.144. The molecule has 128 valence electrons. The molecular weight excluding hydrogens is 323 g/mol. The minimum absolute atomic E-state index is 0.175. The zero-order chi connectivity index (χ0) is 17.2. The summed E-state index contributed by atoms with van der Waals surface area (Å²) in [5, 5.41) is 9.54. The lowest BCUT2D eigenvalue weighted by atomic mass is 9.98. The molecule has 2 N–H and O–H groups in total. The quantitative estimate of drug-likeness (QED) is 0.840. The van der Waals surface area contributed by atoms with Gasteiger partial charge in [0.15, 0.2) is 0 Å². The Kier molecular flexibility index (Phi) is 5.38. The number of benzene rings is 1. The van der Waals surface area contributed by atoms with E-state index in [4.69, 9.17) is 0 Å². The van der Waals surface area contributed by atoms with Crippen molar-refractivity contribution < 1.29 is 22.7 Å². The van der Waals surface area contributed by atoms with Gasteiger partial charge < -0.3 is 5.11 Å². The molecule has 1 fully saturated rings. The highest BCUT2D eigenvalue weighted by atomic mass is 32.2. The lowest BCUT2D eigenvalue weighted by Crippen LogP contribution is -2.46. The van der Waals surface area contributed by atoms with Gasteiger partial charge in [-0.2, -0.15) is 0 Å². The van der Waals surface area contributed by atoms with Gasteiger partial charge in [-0.1, -0.05) is 12.1 Å². The number of likely N-dealkylation sites (tertiary alicyclic amines) is 1. The van der Waals surface area contributed by atoms with E-state index in [1.165, 1.54) is 12.1 Å². The first kappa shape index (κ1) is 17.8. The highest BCUT2D eigenvalue weighted by Crippen LogP contribution is 2.26. The van der Waals surface area contributed by atoms with E-state index in [9.17, 15) is 22.7 Å². The van der Waals surface area contributed by atoms with Gasteiger partial charge in [-0.25, -0.2) is 17.5 Å². The van der Waals surface area contributed by atoms with E-state index in [-0.39, 0.29) is 11.9 Å². The monoisotopic (exact) mass is 344 g/mol. The highest BCUT2D eigenvalue weighted by molar-refractivity contribution is 7.88. The Morgan fingerprint density at radius 3 is 2.48 bits per heavy atom. The second kappa shape index (κ2) is 6.94. The fraction of sp³-hybridized carbons (Fsp3) is 0.533. The maximum Gasteiger partial charge on any atom is 0.325 e. The van der Waals surface area contributed by atoms with Crippen LogP contribution in [-0.2, 0) is 14.8 Å². The molecule has 1 unspecified atom stereocenters. The summed E-state index contributed by atoms with van der Waals surface area (Å²) in [5.74, 6) is -1.36. The number of carboxylic acids is 1. The molecule has 0 aliphatic carbocycles. The number of hydrogen-bond donors (Lipinski definition) is 2. The predicted molar refractivity (Wildman–Crippen MR) is 84.1 cm³/mol. The molecule has 2 rings (SSSR count). The number of carbonyl (C=O) groups is 1. The average Bonchev–Trinajstić information content (AvgIpc) is 2.43. The van der Waals surface area contributed by atoms with E-state index in [0.717, 1.165) is 6.26 Å². The molecule has 0 bridgehead atoms. The molecule has 1 aliphatic rings. The Labute approximate surface area is 135 Å². The summed E-state index contributed by atoms with van der Waals surface area (Å²) in [7, 11) is -3.27. The van der Waals surface area contributed by atoms with Gasteiger partial charge in [0, 0.05) is 19.1 Å². The molecule has 8 heteroatoms. The highest BCUT2D eigenvalue weighted by Gasteiger charge is 2.31. The van der Waals surface area contributed by atoms with Crippen LogP contribution in [0.2, 0.25) is 0 Å². The molecule has 1 aromatic carbocycles. The predicted octanol–water partition coefficient (Wildman–Crippen LogP) is 1.27. The Hall–Kier alpha value is -1.51. The van der Waals surface area contributed by atoms with Gasteiger partial charge in [-0.3, -0.25) is 9.69 Å². The van der Waals surface area contributed by atoms with Crippen LogP contribution >= 0.6 is 0 Å². The molecule has 0 amide bonds. The molecule has 1 atom stereocenters. The van der Waals surface area contributed by atoms with Gasteiger partial charge in [0.2, 0.25) is 10.0 Å². The first-order valence-electron chi connectivity index (χ1n) is 7.37. The molecule has 1 saturated heterocycles. The first-order valence-corrected chi connectivity index (χ1v) is 9.27. The van der Waals surface area contributed by atoms with Crippen LogP contribution in [0.25, 0.3) is 0 Å². The molecule has 6 nitrogen and oxygen atoms in total. The zero-order valence-corrected chi connectivity index (χ0v) is 13.9. The van der Waals surface area contributed by atoms with Crippen LogP contribution in [0.4, 0.5) is 4.39 Å². The van der Waals surface area contributed by atoms with Gasteiger partial charge in [-0.15, -0.1) is 0 Å². The molecule has 23 heavy (non-hydrogen) atoms. The van der Waals surface area contributed by atoms with E-state index >= 15 is 0 Å². The van der Waals surface area contributed by atoms with E-state index in [1.807, 2.05) is 0 Å². The Morgan fingerprint density at radius 1 is 1.39 bits per heavy atom. The van der Waals surface area contributed by atoms with Crippen LogP contribution in [-0.4, -0.2) is 49.8 Å². The van der Waals surface area contributed by atoms with Gasteiger partial charge in [-0.05, 0) is 37.0 Å². The van der Waals surface area contributed by atoms with Crippen molar-refractivity contribution >= 4 is 16.0 Å².